The van der Waals surface area contributed by atoms with Gasteiger partial charge in [0.15, 0.2) is 11.5 Å². The molecule has 0 radical (unpaired) electrons. The van der Waals surface area contributed by atoms with Crippen LogP contribution in [0.5, 0.6) is 11.5 Å². The van der Waals surface area contributed by atoms with Crippen molar-refractivity contribution in [2.45, 2.75) is 20.0 Å². The van der Waals surface area contributed by atoms with E-state index in [4.69, 9.17) is 9.47 Å². The molecule has 1 N–H and O–H groups in total. The molecular formula is C20H17N3O3. The van der Waals surface area contributed by atoms with E-state index in [1.807, 2.05) is 4.90 Å². The van der Waals surface area contributed by atoms with Crippen LogP contribution in [0.3, 0.4) is 0 Å². The normalized spacial score (nSPS) is 14.6. The number of nitrogens with one attached hydrogen (secondary N) is 1. The molecule has 26 heavy (non-hydrogen) atoms. The first kappa shape index (κ1) is 15.0. The second kappa shape index (κ2) is 5.62. The topological polar surface area (TPSA) is 67.5 Å². The molecule has 0 fully saturated rings. The molecular weight excluding hydrogens is 330 g/mol. The second-order valence-electron chi connectivity index (χ2n) is 6.62. The molecule has 6 heteroatoms. The van der Waals surface area contributed by atoms with E-state index in [1.165, 1.54) is 5.56 Å². The van der Waals surface area contributed by atoms with E-state index in [2.05, 4.69) is 41.4 Å². The summed E-state index contributed by atoms with van der Waals surface area (Å²) in [6.07, 6.45) is 0. The number of hydrogen-bond acceptors (Lipinski definition) is 4. The van der Waals surface area contributed by atoms with Gasteiger partial charge in [-0.05, 0) is 25.1 Å². The van der Waals surface area contributed by atoms with Crippen molar-refractivity contribution in [2.24, 2.45) is 0 Å². The molecule has 5 rings (SSSR count). The number of fused-ring (bicyclic) bond motifs is 2. The summed E-state index contributed by atoms with van der Waals surface area (Å²) in [7, 11) is 0. The summed E-state index contributed by atoms with van der Waals surface area (Å²) < 4.78 is 10.7. The molecule has 3 aromatic rings. The van der Waals surface area contributed by atoms with E-state index in [1.54, 1.807) is 18.2 Å². The fraction of sp³-hybridized carbons (Fsp3) is 0.200. The Balaban J connectivity index is 1.41. The molecule has 1 aromatic heterocycles. The lowest BCUT2D eigenvalue weighted by atomic mass is 10.1. The lowest BCUT2D eigenvalue weighted by Gasteiger charge is -2.16. The number of carbonyl (C=O) groups is 1. The number of nitrogens with zero attached hydrogens (tertiary/aromatic N) is 2. The average molecular weight is 347 g/mol. The SMILES string of the molecule is Cc1ccc(-c2n[nH]c3c2CN(C(=O)c2ccc4c(c2)OCO4)C3)cc1. The summed E-state index contributed by atoms with van der Waals surface area (Å²) in [4.78, 5) is 14.7. The highest BCUT2D eigenvalue weighted by atomic mass is 16.7. The number of H-pyrrole nitrogens is 1. The maximum absolute atomic E-state index is 12.9. The molecule has 0 bridgehead atoms. The zero-order valence-electron chi connectivity index (χ0n) is 14.3. The van der Waals surface area contributed by atoms with Crippen LogP contribution in [0.4, 0.5) is 0 Å². The number of amides is 1. The maximum atomic E-state index is 12.9. The van der Waals surface area contributed by atoms with E-state index >= 15 is 0 Å². The first-order valence-corrected chi connectivity index (χ1v) is 8.51. The molecule has 0 saturated carbocycles. The molecule has 2 aliphatic heterocycles. The number of aromatic nitrogens is 2. The third-order valence-electron chi connectivity index (χ3n) is 4.88. The molecule has 2 aliphatic rings. The Morgan fingerprint density at radius 1 is 1.08 bits per heavy atom. The third kappa shape index (κ3) is 2.34. The van der Waals surface area contributed by atoms with E-state index < -0.39 is 0 Å². The maximum Gasteiger partial charge on any atom is 0.254 e. The number of aryl methyl sites for hydroxylation is 1. The van der Waals surface area contributed by atoms with Gasteiger partial charge in [0.25, 0.3) is 5.91 Å². The van der Waals surface area contributed by atoms with Crippen molar-refractivity contribution in [1.82, 2.24) is 15.1 Å². The van der Waals surface area contributed by atoms with Crippen molar-refractivity contribution in [3.63, 3.8) is 0 Å². The summed E-state index contributed by atoms with van der Waals surface area (Å²) in [6, 6.07) is 13.6. The monoisotopic (exact) mass is 347 g/mol. The number of carbonyl (C=O) groups excluding carboxylic acids is 1. The second-order valence-corrected chi connectivity index (χ2v) is 6.62. The largest absolute Gasteiger partial charge is 0.454 e. The number of rotatable bonds is 2. The standard InChI is InChI=1S/C20H17N3O3/c1-12-2-4-13(5-3-12)19-15-9-23(10-16(15)21-22-19)20(24)14-6-7-17-18(8-14)26-11-25-17/h2-8H,9-11H2,1H3,(H,21,22). The van der Waals surface area contributed by atoms with E-state index in [0.29, 0.717) is 30.2 Å². The highest BCUT2D eigenvalue weighted by molar-refractivity contribution is 5.95. The number of benzene rings is 2. The van der Waals surface area contributed by atoms with Crippen molar-refractivity contribution in [1.29, 1.82) is 0 Å². The van der Waals surface area contributed by atoms with Gasteiger partial charge in [0.05, 0.1) is 24.5 Å². The van der Waals surface area contributed by atoms with Gasteiger partial charge in [0, 0.05) is 16.7 Å². The molecule has 2 aromatic carbocycles. The number of aromatic amines is 1. The van der Waals surface area contributed by atoms with Crippen molar-refractivity contribution >= 4 is 5.91 Å². The van der Waals surface area contributed by atoms with Crippen molar-refractivity contribution in [2.75, 3.05) is 6.79 Å². The Bertz CT molecular complexity index is 1010. The van der Waals surface area contributed by atoms with Crippen LogP contribution in [0.2, 0.25) is 0 Å². The van der Waals surface area contributed by atoms with Crippen LogP contribution in [0, 0.1) is 6.92 Å². The van der Waals surface area contributed by atoms with Gasteiger partial charge in [0.2, 0.25) is 6.79 Å². The average Bonchev–Trinajstić information content (AvgIpc) is 3.36. The zero-order valence-corrected chi connectivity index (χ0v) is 14.3. The van der Waals surface area contributed by atoms with E-state index in [0.717, 1.165) is 22.5 Å². The third-order valence-corrected chi connectivity index (χ3v) is 4.88. The predicted molar refractivity (Wildman–Crippen MR) is 94.9 cm³/mol. The van der Waals surface area contributed by atoms with Crippen LogP contribution in [0.15, 0.2) is 42.5 Å². The minimum atomic E-state index is -0.0252. The highest BCUT2D eigenvalue weighted by Crippen LogP contribution is 2.35. The Morgan fingerprint density at radius 2 is 1.88 bits per heavy atom. The predicted octanol–water partition coefficient (Wildman–Crippen LogP) is 3.27. The molecule has 0 saturated heterocycles. The summed E-state index contributed by atoms with van der Waals surface area (Å²) in [5, 5.41) is 7.54. The van der Waals surface area contributed by atoms with Crippen LogP contribution < -0.4 is 9.47 Å². The fourth-order valence-corrected chi connectivity index (χ4v) is 3.45. The van der Waals surface area contributed by atoms with Crippen LogP contribution >= 0.6 is 0 Å². The first-order valence-electron chi connectivity index (χ1n) is 8.51. The van der Waals surface area contributed by atoms with Gasteiger partial charge < -0.3 is 14.4 Å². The van der Waals surface area contributed by atoms with Crippen LogP contribution in [-0.2, 0) is 13.1 Å². The first-order chi connectivity index (χ1) is 12.7. The highest BCUT2D eigenvalue weighted by Gasteiger charge is 2.30. The Hall–Kier alpha value is -3.28. The van der Waals surface area contributed by atoms with E-state index in [9.17, 15) is 4.79 Å². The van der Waals surface area contributed by atoms with Gasteiger partial charge in [-0.2, -0.15) is 5.10 Å². The summed E-state index contributed by atoms with van der Waals surface area (Å²) >= 11 is 0. The van der Waals surface area contributed by atoms with Crippen molar-refractivity contribution in [3.05, 3.63) is 64.8 Å². The zero-order chi connectivity index (χ0) is 17.7. The summed E-state index contributed by atoms with van der Waals surface area (Å²) in [5.74, 6) is 1.28. The van der Waals surface area contributed by atoms with Gasteiger partial charge in [-0.1, -0.05) is 29.8 Å². The smallest absolute Gasteiger partial charge is 0.254 e. The summed E-state index contributed by atoms with van der Waals surface area (Å²) in [5.41, 5.74) is 5.87. The Labute approximate surface area is 150 Å². The van der Waals surface area contributed by atoms with Gasteiger partial charge in [0.1, 0.15) is 0 Å². The Morgan fingerprint density at radius 3 is 2.73 bits per heavy atom. The van der Waals surface area contributed by atoms with Crippen molar-refractivity contribution in [3.8, 4) is 22.8 Å². The molecule has 0 spiro atoms. The molecule has 6 nitrogen and oxygen atoms in total. The molecule has 1 amide bonds. The summed E-state index contributed by atoms with van der Waals surface area (Å²) in [6.45, 7) is 3.33. The van der Waals surface area contributed by atoms with Gasteiger partial charge in [-0.3, -0.25) is 9.89 Å². The minimum absolute atomic E-state index is 0.0252. The van der Waals surface area contributed by atoms with Crippen molar-refractivity contribution < 1.29 is 14.3 Å². The quantitative estimate of drug-likeness (QED) is 0.773. The van der Waals surface area contributed by atoms with Crippen LogP contribution in [0.1, 0.15) is 27.2 Å². The van der Waals surface area contributed by atoms with Crippen LogP contribution in [0.25, 0.3) is 11.3 Å². The van der Waals surface area contributed by atoms with Gasteiger partial charge >= 0.3 is 0 Å². The molecule has 3 heterocycles. The number of ether oxygens (including phenoxy) is 2. The molecule has 0 unspecified atom stereocenters. The molecule has 0 aliphatic carbocycles. The fourth-order valence-electron chi connectivity index (χ4n) is 3.45. The van der Waals surface area contributed by atoms with Gasteiger partial charge in [-0.25, -0.2) is 0 Å². The van der Waals surface area contributed by atoms with Gasteiger partial charge in [-0.15, -0.1) is 0 Å². The molecule has 0 atom stereocenters. The minimum Gasteiger partial charge on any atom is -0.454 e. The van der Waals surface area contributed by atoms with Crippen LogP contribution in [-0.4, -0.2) is 27.8 Å². The lowest BCUT2D eigenvalue weighted by Crippen LogP contribution is -2.25. The molecule has 130 valence electrons. The Kier molecular flexibility index (Phi) is 3.25. The number of hydrogen-bond donors (Lipinski definition) is 1. The lowest BCUT2D eigenvalue weighted by molar-refractivity contribution is 0.0749. The van der Waals surface area contributed by atoms with E-state index in [-0.39, 0.29) is 12.7 Å².